The Balaban J connectivity index is 1.43. The number of aryl methyl sites for hydroxylation is 1. The van der Waals surface area contributed by atoms with Gasteiger partial charge in [0.1, 0.15) is 5.75 Å². The number of ether oxygens (including phenoxy) is 2. The summed E-state index contributed by atoms with van der Waals surface area (Å²) >= 11 is 0. The summed E-state index contributed by atoms with van der Waals surface area (Å²) in [4.78, 5) is 14.7. The van der Waals surface area contributed by atoms with Crippen LogP contribution in [-0.4, -0.2) is 49.3 Å². The Bertz CT molecular complexity index is 735. The molecule has 2 atom stereocenters. The van der Waals surface area contributed by atoms with Gasteiger partial charge in [0, 0.05) is 26.2 Å². The third-order valence-electron chi connectivity index (χ3n) is 4.65. The second kappa shape index (κ2) is 9.53. The van der Waals surface area contributed by atoms with E-state index in [4.69, 9.17) is 9.47 Å². The number of nitrogens with zero attached hydrogens (tertiary/aromatic N) is 1. The lowest BCUT2D eigenvalue weighted by Gasteiger charge is -2.33. The predicted octanol–water partition coefficient (Wildman–Crippen LogP) is 2.78. The smallest absolute Gasteiger partial charge is 0.260 e. The Morgan fingerprint density at radius 3 is 2.85 bits per heavy atom. The van der Waals surface area contributed by atoms with Crippen molar-refractivity contribution < 1.29 is 14.3 Å². The highest BCUT2D eigenvalue weighted by molar-refractivity contribution is 5.80. The van der Waals surface area contributed by atoms with Gasteiger partial charge in [0.05, 0.1) is 12.7 Å². The van der Waals surface area contributed by atoms with E-state index in [9.17, 15) is 4.79 Å². The van der Waals surface area contributed by atoms with Crippen LogP contribution in [-0.2, 0) is 16.1 Å². The molecule has 1 amide bonds. The molecule has 0 spiro atoms. The molecular formula is C22H28N2O3. The van der Waals surface area contributed by atoms with Gasteiger partial charge in [0.15, 0.2) is 6.10 Å². The molecule has 0 saturated carbocycles. The van der Waals surface area contributed by atoms with Gasteiger partial charge >= 0.3 is 0 Å². The Kier molecular flexibility index (Phi) is 6.85. The fourth-order valence-corrected chi connectivity index (χ4v) is 3.19. The molecule has 3 rings (SSSR count). The quantitative estimate of drug-likeness (QED) is 0.817. The summed E-state index contributed by atoms with van der Waals surface area (Å²) in [6.07, 6.45) is -0.548. The molecule has 1 aliphatic rings. The summed E-state index contributed by atoms with van der Waals surface area (Å²) in [6.45, 7) is 7.56. The predicted molar refractivity (Wildman–Crippen MR) is 106 cm³/mol. The second-order valence-corrected chi connectivity index (χ2v) is 7.04. The molecular weight excluding hydrogens is 340 g/mol. The minimum atomic E-state index is -0.546. The maximum atomic E-state index is 12.3. The molecule has 27 heavy (non-hydrogen) atoms. The molecule has 1 aliphatic heterocycles. The number of carbonyl (C=O) groups is 1. The maximum absolute atomic E-state index is 12.3. The number of hydrogen-bond donors (Lipinski definition) is 1. The van der Waals surface area contributed by atoms with Crippen molar-refractivity contribution in [2.45, 2.75) is 32.6 Å². The topological polar surface area (TPSA) is 50.8 Å². The van der Waals surface area contributed by atoms with E-state index >= 15 is 0 Å². The van der Waals surface area contributed by atoms with Gasteiger partial charge < -0.3 is 14.8 Å². The van der Waals surface area contributed by atoms with Crippen LogP contribution in [0.15, 0.2) is 54.6 Å². The number of amides is 1. The van der Waals surface area contributed by atoms with Gasteiger partial charge in [-0.25, -0.2) is 0 Å². The van der Waals surface area contributed by atoms with Gasteiger partial charge in [-0.3, -0.25) is 9.69 Å². The molecule has 1 fully saturated rings. The van der Waals surface area contributed by atoms with E-state index in [1.807, 2.05) is 37.3 Å². The SMILES string of the molecule is Cc1cccc(OC(C)C(=O)NCC2CN(Cc3ccccc3)CCO2)c1. The lowest BCUT2D eigenvalue weighted by atomic mass is 10.2. The first-order valence-corrected chi connectivity index (χ1v) is 9.49. The van der Waals surface area contributed by atoms with E-state index in [2.05, 4.69) is 34.5 Å². The van der Waals surface area contributed by atoms with Crippen LogP contribution in [0, 0.1) is 6.92 Å². The molecule has 0 aromatic heterocycles. The zero-order chi connectivity index (χ0) is 19.1. The average Bonchev–Trinajstić information content (AvgIpc) is 2.67. The molecule has 1 heterocycles. The minimum absolute atomic E-state index is 0.00224. The molecule has 2 aromatic carbocycles. The lowest BCUT2D eigenvalue weighted by Crippen LogP contribution is -2.48. The number of morpholine rings is 1. The second-order valence-electron chi connectivity index (χ2n) is 7.04. The maximum Gasteiger partial charge on any atom is 0.260 e. The van der Waals surface area contributed by atoms with Gasteiger partial charge in [0.2, 0.25) is 0 Å². The van der Waals surface area contributed by atoms with E-state index in [0.29, 0.717) is 18.9 Å². The summed E-state index contributed by atoms with van der Waals surface area (Å²) in [5, 5.41) is 2.96. The molecule has 5 heteroatoms. The average molecular weight is 368 g/mol. The lowest BCUT2D eigenvalue weighted by molar-refractivity contribution is -0.128. The summed E-state index contributed by atoms with van der Waals surface area (Å²) in [6, 6.07) is 18.1. The number of benzene rings is 2. The van der Waals surface area contributed by atoms with Crippen LogP contribution in [0.5, 0.6) is 5.75 Å². The van der Waals surface area contributed by atoms with E-state index in [0.717, 1.165) is 25.2 Å². The highest BCUT2D eigenvalue weighted by Crippen LogP contribution is 2.14. The van der Waals surface area contributed by atoms with Gasteiger partial charge in [-0.2, -0.15) is 0 Å². The highest BCUT2D eigenvalue weighted by Gasteiger charge is 2.22. The van der Waals surface area contributed by atoms with Gasteiger partial charge in [0.25, 0.3) is 5.91 Å². The van der Waals surface area contributed by atoms with E-state index in [-0.39, 0.29) is 12.0 Å². The van der Waals surface area contributed by atoms with Crippen molar-refractivity contribution in [3.8, 4) is 5.75 Å². The van der Waals surface area contributed by atoms with Gasteiger partial charge in [-0.1, -0.05) is 42.5 Å². The van der Waals surface area contributed by atoms with Crippen LogP contribution >= 0.6 is 0 Å². The third-order valence-corrected chi connectivity index (χ3v) is 4.65. The minimum Gasteiger partial charge on any atom is -0.481 e. The van der Waals surface area contributed by atoms with Gasteiger partial charge in [-0.15, -0.1) is 0 Å². The molecule has 0 aliphatic carbocycles. The van der Waals surface area contributed by atoms with Crippen molar-refractivity contribution in [1.29, 1.82) is 0 Å². The molecule has 1 saturated heterocycles. The van der Waals surface area contributed by atoms with Crippen molar-refractivity contribution in [1.82, 2.24) is 10.2 Å². The standard InChI is InChI=1S/C22H28N2O3/c1-17-7-6-10-20(13-17)27-18(2)22(25)23-14-21-16-24(11-12-26-21)15-19-8-4-3-5-9-19/h3-10,13,18,21H,11-12,14-16H2,1-2H3,(H,23,25). The number of nitrogens with one attached hydrogen (secondary N) is 1. The molecule has 5 nitrogen and oxygen atoms in total. The van der Waals surface area contributed by atoms with Crippen molar-refractivity contribution in [2.24, 2.45) is 0 Å². The molecule has 1 N–H and O–H groups in total. The number of carbonyl (C=O) groups excluding carboxylic acids is 1. The zero-order valence-corrected chi connectivity index (χ0v) is 16.1. The van der Waals surface area contributed by atoms with Crippen molar-refractivity contribution in [3.63, 3.8) is 0 Å². The Morgan fingerprint density at radius 1 is 1.26 bits per heavy atom. The summed E-state index contributed by atoms with van der Waals surface area (Å²) in [7, 11) is 0. The molecule has 0 radical (unpaired) electrons. The summed E-state index contributed by atoms with van der Waals surface area (Å²) in [5.41, 5.74) is 2.40. The van der Waals surface area contributed by atoms with E-state index < -0.39 is 6.10 Å². The van der Waals surface area contributed by atoms with Crippen LogP contribution < -0.4 is 10.1 Å². The van der Waals surface area contributed by atoms with Gasteiger partial charge in [-0.05, 0) is 37.1 Å². The van der Waals surface area contributed by atoms with Crippen molar-refractivity contribution in [3.05, 3.63) is 65.7 Å². The molecule has 0 bridgehead atoms. The molecule has 2 unspecified atom stereocenters. The molecule has 144 valence electrons. The Morgan fingerprint density at radius 2 is 2.07 bits per heavy atom. The first kappa shape index (κ1) is 19.4. The number of rotatable bonds is 7. The molecule has 2 aromatic rings. The van der Waals surface area contributed by atoms with E-state index in [1.165, 1.54) is 5.56 Å². The first-order chi connectivity index (χ1) is 13.1. The van der Waals surface area contributed by atoms with Crippen LogP contribution in [0.2, 0.25) is 0 Å². The fraction of sp³-hybridized carbons (Fsp3) is 0.409. The van der Waals surface area contributed by atoms with Crippen molar-refractivity contribution in [2.75, 3.05) is 26.2 Å². The van der Waals surface area contributed by atoms with E-state index in [1.54, 1.807) is 6.92 Å². The Labute approximate surface area is 161 Å². The van der Waals surface area contributed by atoms with Crippen LogP contribution in [0.3, 0.4) is 0 Å². The fourth-order valence-electron chi connectivity index (χ4n) is 3.19. The highest BCUT2D eigenvalue weighted by atomic mass is 16.5. The normalized spacial score (nSPS) is 18.7. The monoisotopic (exact) mass is 368 g/mol. The van der Waals surface area contributed by atoms with Crippen LogP contribution in [0.25, 0.3) is 0 Å². The Hall–Kier alpha value is -2.37. The largest absolute Gasteiger partial charge is 0.481 e. The van der Waals surface area contributed by atoms with Crippen LogP contribution in [0.1, 0.15) is 18.1 Å². The van der Waals surface area contributed by atoms with Crippen molar-refractivity contribution >= 4 is 5.91 Å². The summed E-state index contributed by atoms with van der Waals surface area (Å²) < 4.78 is 11.5. The first-order valence-electron chi connectivity index (χ1n) is 9.49. The van der Waals surface area contributed by atoms with Crippen LogP contribution in [0.4, 0.5) is 0 Å². The number of hydrogen-bond acceptors (Lipinski definition) is 4. The third kappa shape index (κ3) is 6.08. The zero-order valence-electron chi connectivity index (χ0n) is 16.1. The summed E-state index contributed by atoms with van der Waals surface area (Å²) in [5.74, 6) is 0.584.